The number of halogens is 2. The Kier molecular flexibility index (Phi) is 11.5. The lowest BCUT2D eigenvalue weighted by Gasteiger charge is -2.23. The molecule has 0 aliphatic heterocycles. The molecule has 0 aromatic heterocycles. The summed E-state index contributed by atoms with van der Waals surface area (Å²) < 4.78 is 7.41. The van der Waals surface area contributed by atoms with Crippen molar-refractivity contribution in [3.8, 4) is 5.75 Å². The standard InChI is InChI=1S/C20H33Br2N3O2/c1-6-8-18(24(2)3)20(26)23-10-7-11-25(4)12-9-15-13-19(27-5)17(22)14-16(15)21/h13-14,18H,6-12H2,1-5H3,(H,23,26)/t18-/m0/s1. The molecular weight excluding hydrogens is 474 g/mol. The molecule has 0 fully saturated rings. The predicted octanol–water partition coefficient (Wildman–Crippen LogP) is 3.93. The third kappa shape index (κ3) is 8.50. The van der Waals surface area contributed by atoms with Gasteiger partial charge in [-0.15, -0.1) is 0 Å². The SMILES string of the molecule is CCC[C@@H](C(=O)NCCCN(C)CCc1cc(OC)c(Br)cc1Br)N(C)C. The van der Waals surface area contributed by atoms with Gasteiger partial charge in [-0.05, 0) is 80.6 Å². The van der Waals surface area contributed by atoms with Crippen LogP contribution in [0.3, 0.4) is 0 Å². The largest absolute Gasteiger partial charge is 0.496 e. The van der Waals surface area contributed by atoms with Crippen LogP contribution in [-0.4, -0.2) is 69.6 Å². The van der Waals surface area contributed by atoms with Crippen molar-refractivity contribution >= 4 is 37.8 Å². The molecule has 0 heterocycles. The van der Waals surface area contributed by atoms with Gasteiger partial charge in [0.2, 0.25) is 5.91 Å². The zero-order valence-electron chi connectivity index (χ0n) is 17.1. The summed E-state index contributed by atoms with van der Waals surface area (Å²) in [6.07, 6.45) is 3.78. The summed E-state index contributed by atoms with van der Waals surface area (Å²) in [5.41, 5.74) is 1.23. The van der Waals surface area contributed by atoms with Crippen molar-refractivity contribution in [3.05, 3.63) is 26.6 Å². The first-order chi connectivity index (χ1) is 12.8. The highest BCUT2D eigenvalue weighted by Gasteiger charge is 2.18. The summed E-state index contributed by atoms with van der Waals surface area (Å²) >= 11 is 7.12. The Hall–Kier alpha value is -0.630. The van der Waals surface area contributed by atoms with Crippen LogP contribution in [0.1, 0.15) is 31.7 Å². The van der Waals surface area contributed by atoms with Crippen LogP contribution in [0.4, 0.5) is 0 Å². The first-order valence-corrected chi connectivity index (χ1v) is 11.0. The Morgan fingerprint density at radius 2 is 1.89 bits per heavy atom. The van der Waals surface area contributed by atoms with E-state index in [4.69, 9.17) is 4.74 Å². The molecule has 1 rings (SSSR count). The third-order valence-electron chi connectivity index (χ3n) is 4.59. The van der Waals surface area contributed by atoms with Crippen LogP contribution in [0.25, 0.3) is 0 Å². The second kappa shape index (κ2) is 12.8. The molecule has 1 amide bonds. The summed E-state index contributed by atoms with van der Waals surface area (Å²) in [6, 6.07) is 4.07. The van der Waals surface area contributed by atoms with E-state index in [9.17, 15) is 4.79 Å². The van der Waals surface area contributed by atoms with Crippen molar-refractivity contribution < 1.29 is 9.53 Å². The Labute approximate surface area is 181 Å². The van der Waals surface area contributed by atoms with Crippen molar-refractivity contribution in [2.75, 3.05) is 47.9 Å². The molecule has 0 aliphatic rings. The Balaban J connectivity index is 2.36. The van der Waals surface area contributed by atoms with E-state index >= 15 is 0 Å². The number of nitrogens with zero attached hydrogens (tertiary/aromatic N) is 2. The first kappa shape index (κ1) is 24.4. The normalized spacial score (nSPS) is 12.5. The van der Waals surface area contributed by atoms with Gasteiger partial charge in [0.1, 0.15) is 5.75 Å². The number of nitrogens with one attached hydrogen (secondary N) is 1. The molecule has 0 saturated carbocycles. The average Bonchev–Trinajstić information content (AvgIpc) is 2.62. The molecule has 1 atom stereocenters. The Bertz CT molecular complexity index is 597. The van der Waals surface area contributed by atoms with Crippen molar-refractivity contribution in [3.63, 3.8) is 0 Å². The molecule has 0 saturated heterocycles. The first-order valence-electron chi connectivity index (χ1n) is 9.44. The molecule has 7 heteroatoms. The fraction of sp³-hybridized carbons (Fsp3) is 0.650. The topological polar surface area (TPSA) is 44.8 Å². The lowest BCUT2D eigenvalue weighted by Crippen LogP contribution is -2.44. The number of hydrogen-bond donors (Lipinski definition) is 1. The number of hydrogen-bond acceptors (Lipinski definition) is 4. The van der Waals surface area contributed by atoms with E-state index < -0.39 is 0 Å². The second-order valence-corrected chi connectivity index (χ2v) is 8.75. The van der Waals surface area contributed by atoms with Crippen LogP contribution >= 0.6 is 31.9 Å². The Morgan fingerprint density at radius 1 is 1.19 bits per heavy atom. The van der Waals surface area contributed by atoms with Gasteiger partial charge in [-0.3, -0.25) is 9.69 Å². The minimum absolute atomic E-state index is 0.0301. The van der Waals surface area contributed by atoms with E-state index in [-0.39, 0.29) is 11.9 Å². The minimum Gasteiger partial charge on any atom is -0.496 e. The second-order valence-electron chi connectivity index (χ2n) is 7.04. The number of benzene rings is 1. The number of carbonyl (C=O) groups is 1. The van der Waals surface area contributed by atoms with Gasteiger partial charge in [-0.1, -0.05) is 29.3 Å². The van der Waals surface area contributed by atoms with Gasteiger partial charge in [0, 0.05) is 17.6 Å². The number of carbonyl (C=O) groups excluding carboxylic acids is 1. The summed E-state index contributed by atoms with van der Waals surface area (Å²) in [7, 11) is 7.72. The highest BCUT2D eigenvalue weighted by Crippen LogP contribution is 2.31. The van der Waals surface area contributed by atoms with Crippen LogP contribution < -0.4 is 10.1 Å². The molecule has 1 N–H and O–H groups in total. The van der Waals surface area contributed by atoms with Gasteiger partial charge in [0.05, 0.1) is 17.6 Å². The van der Waals surface area contributed by atoms with Crippen LogP contribution in [0.5, 0.6) is 5.75 Å². The van der Waals surface area contributed by atoms with E-state index in [0.29, 0.717) is 6.54 Å². The fourth-order valence-corrected chi connectivity index (χ4v) is 4.27. The van der Waals surface area contributed by atoms with Crippen LogP contribution in [0.15, 0.2) is 21.1 Å². The van der Waals surface area contributed by atoms with E-state index in [1.54, 1.807) is 7.11 Å². The molecule has 154 valence electrons. The number of ether oxygens (including phenoxy) is 1. The molecule has 1 aromatic rings. The molecule has 0 unspecified atom stereocenters. The van der Waals surface area contributed by atoms with Gasteiger partial charge in [-0.25, -0.2) is 0 Å². The highest BCUT2D eigenvalue weighted by molar-refractivity contribution is 9.11. The van der Waals surface area contributed by atoms with E-state index in [1.165, 1.54) is 5.56 Å². The van der Waals surface area contributed by atoms with E-state index in [0.717, 1.165) is 53.5 Å². The maximum absolute atomic E-state index is 12.3. The molecule has 5 nitrogen and oxygen atoms in total. The van der Waals surface area contributed by atoms with Crippen molar-refractivity contribution in [1.29, 1.82) is 0 Å². The molecule has 27 heavy (non-hydrogen) atoms. The minimum atomic E-state index is -0.0301. The molecule has 1 aromatic carbocycles. The van der Waals surface area contributed by atoms with E-state index in [2.05, 4.69) is 62.1 Å². The quantitative estimate of drug-likeness (QED) is 0.436. The zero-order valence-corrected chi connectivity index (χ0v) is 20.3. The summed E-state index contributed by atoms with van der Waals surface area (Å²) in [5, 5.41) is 3.07. The zero-order chi connectivity index (χ0) is 20.4. The van der Waals surface area contributed by atoms with Gasteiger partial charge in [0.15, 0.2) is 0 Å². The van der Waals surface area contributed by atoms with Crippen molar-refractivity contribution in [2.24, 2.45) is 0 Å². The maximum atomic E-state index is 12.3. The van der Waals surface area contributed by atoms with Gasteiger partial charge < -0.3 is 15.0 Å². The monoisotopic (exact) mass is 505 g/mol. The summed E-state index contributed by atoms with van der Waals surface area (Å²) in [6.45, 7) is 4.73. The van der Waals surface area contributed by atoms with Gasteiger partial charge >= 0.3 is 0 Å². The lowest BCUT2D eigenvalue weighted by atomic mass is 10.1. The van der Waals surface area contributed by atoms with Gasteiger partial charge in [0.25, 0.3) is 0 Å². The number of rotatable bonds is 12. The highest BCUT2D eigenvalue weighted by atomic mass is 79.9. The van der Waals surface area contributed by atoms with Crippen molar-refractivity contribution in [2.45, 2.75) is 38.6 Å². The molecule has 0 bridgehead atoms. The third-order valence-corrected chi connectivity index (χ3v) is 5.95. The lowest BCUT2D eigenvalue weighted by molar-refractivity contribution is -0.125. The fourth-order valence-electron chi connectivity index (χ4n) is 2.92. The number of methoxy groups -OCH3 is 1. The van der Waals surface area contributed by atoms with Crippen LogP contribution in [0, 0.1) is 0 Å². The summed E-state index contributed by atoms with van der Waals surface area (Å²) in [4.78, 5) is 16.6. The molecule has 0 aliphatic carbocycles. The average molecular weight is 507 g/mol. The molecule has 0 spiro atoms. The number of amides is 1. The summed E-state index contributed by atoms with van der Waals surface area (Å²) in [5.74, 6) is 0.983. The van der Waals surface area contributed by atoms with Crippen LogP contribution in [-0.2, 0) is 11.2 Å². The smallest absolute Gasteiger partial charge is 0.237 e. The molecule has 0 radical (unpaired) electrons. The van der Waals surface area contributed by atoms with Crippen molar-refractivity contribution in [1.82, 2.24) is 15.1 Å². The Morgan fingerprint density at radius 3 is 2.48 bits per heavy atom. The number of likely N-dealkylation sites (N-methyl/N-ethyl adjacent to an activating group) is 2. The maximum Gasteiger partial charge on any atom is 0.237 e. The van der Waals surface area contributed by atoms with Crippen LogP contribution in [0.2, 0.25) is 0 Å². The van der Waals surface area contributed by atoms with E-state index in [1.807, 2.05) is 25.1 Å². The predicted molar refractivity (Wildman–Crippen MR) is 120 cm³/mol. The van der Waals surface area contributed by atoms with Gasteiger partial charge in [-0.2, -0.15) is 0 Å². The molecular formula is C20H33Br2N3O2.